The van der Waals surface area contributed by atoms with Crippen molar-refractivity contribution in [1.82, 2.24) is 10.0 Å². The summed E-state index contributed by atoms with van der Waals surface area (Å²) in [4.78, 5) is 24.1. The van der Waals surface area contributed by atoms with Crippen molar-refractivity contribution in [2.75, 3.05) is 11.9 Å². The lowest BCUT2D eigenvalue weighted by Gasteiger charge is -2.28. The number of carbonyl (C=O) groups excluding carboxylic acids is 2. The van der Waals surface area contributed by atoms with Crippen LogP contribution in [0.4, 0.5) is 5.69 Å². The molecule has 7 nitrogen and oxygen atoms in total. The molecular weight excluding hydrogens is 390 g/mol. The van der Waals surface area contributed by atoms with Crippen LogP contribution in [0.25, 0.3) is 0 Å². The number of rotatable bonds is 6. The number of aryl methyl sites for hydroxylation is 1. The molecule has 8 heteroatoms. The SMILES string of the molecule is O=C1CCCc2cc(S(=O)(=O)NCC3CCC(C(=O)NC4CC4)CC3)ccc2N1. The number of fused-ring (bicyclic) bond motifs is 1. The molecule has 1 aliphatic heterocycles. The highest BCUT2D eigenvalue weighted by Gasteiger charge is 2.31. The lowest BCUT2D eigenvalue weighted by molar-refractivity contribution is -0.126. The molecule has 0 aromatic heterocycles. The van der Waals surface area contributed by atoms with Gasteiger partial charge in [0.2, 0.25) is 21.8 Å². The van der Waals surface area contributed by atoms with E-state index in [9.17, 15) is 18.0 Å². The summed E-state index contributed by atoms with van der Waals surface area (Å²) in [7, 11) is -3.60. The van der Waals surface area contributed by atoms with Crippen LogP contribution in [0.15, 0.2) is 23.1 Å². The zero-order chi connectivity index (χ0) is 20.4. The Hall–Kier alpha value is -1.93. The molecule has 2 aliphatic carbocycles. The molecule has 0 saturated heterocycles. The lowest BCUT2D eigenvalue weighted by atomic mass is 9.81. The van der Waals surface area contributed by atoms with Gasteiger partial charge in [-0.15, -0.1) is 0 Å². The Balaban J connectivity index is 1.31. The highest BCUT2D eigenvalue weighted by molar-refractivity contribution is 7.89. The second kappa shape index (κ2) is 8.44. The Bertz CT molecular complexity index is 887. The van der Waals surface area contributed by atoms with Crippen LogP contribution in [-0.2, 0) is 26.0 Å². The highest BCUT2D eigenvalue weighted by atomic mass is 32.2. The van der Waals surface area contributed by atoms with Crippen LogP contribution < -0.4 is 15.4 Å². The molecule has 1 heterocycles. The molecule has 4 rings (SSSR count). The monoisotopic (exact) mass is 419 g/mol. The van der Waals surface area contributed by atoms with E-state index in [-0.39, 0.29) is 28.5 Å². The molecule has 2 amide bonds. The van der Waals surface area contributed by atoms with Crippen molar-refractivity contribution < 1.29 is 18.0 Å². The Morgan fingerprint density at radius 1 is 1.07 bits per heavy atom. The second-order valence-electron chi connectivity index (χ2n) is 8.57. The van der Waals surface area contributed by atoms with Crippen molar-refractivity contribution >= 4 is 27.5 Å². The minimum Gasteiger partial charge on any atom is -0.353 e. The average molecular weight is 420 g/mol. The number of hydrogen-bond acceptors (Lipinski definition) is 4. The molecule has 0 bridgehead atoms. The number of anilines is 1. The minimum atomic E-state index is -3.60. The summed E-state index contributed by atoms with van der Waals surface area (Å²) in [6, 6.07) is 5.28. The fourth-order valence-corrected chi connectivity index (χ4v) is 5.37. The minimum absolute atomic E-state index is 0.0288. The number of carbonyl (C=O) groups is 2. The first-order valence-electron chi connectivity index (χ1n) is 10.6. The quantitative estimate of drug-likeness (QED) is 0.658. The summed E-state index contributed by atoms with van der Waals surface area (Å²) in [6.07, 6.45) is 7.42. The van der Waals surface area contributed by atoms with Gasteiger partial charge in [0.15, 0.2) is 0 Å². The van der Waals surface area contributed by atoms with Crippen LogP contribution in [-0.4, -0.2) is 32.8 Å². The van der Waals surface area contributed by atoms with Gasteiger partial charge in [0.05, 0.1) is 4.90 Å². The van der Waals surface area contributed by atoms with Crippen LogP contribution in [0.3, 0.4) is 0 Å². The van der Waals surface area contributed by atoms with Gasteiger partial charge in [0.1, 0.15) is 0 Å². The molecule has 0 unspecified atom stereocenters. The van der Waals surface area contributed by atoms with Crippen LogP contribution in [0.1, 0.15) is 56.9 Å². The van der Waals surface area contributed by atoms with E-state index in [0.717, 1.165) is 44.1 Å². The van der Waals surface area contributed by atoms with Crippen LogP contribution >= 0.6 is 0 Å². The van der Waals surface area contributed by atoms with Gasteiger partial charge in [0.25, 0.3) is 0 Å². The van der Waals surface area contributed by atoms with Crippen LogP contribution in [0, 0.1) is 11.8 Å². The van der Waals surface area contributed by atoms with Gasteiger partial charge in [-0.1, -0.05) is 0 Å². The third kappa shape index (κ3) is 5.17. The van der Waals surface area contributed by atoms with Crippen molar-refractivity contribution in [3.63, 3.8) is 0 Å². The Labute approximate surface area is 172 Å². The summed E-state index contributed by atoms with van der Waals surface area (Å²) in [5.74, 6) is 0.473. The molecule has 1 aromatic carbocycles. The van der Waals surface area contributed by atoms with Crippen LogP contribution in [0.5, 0.6) is 0 Å². The second-order valence-corrected chi connectivity index (χ2v) is 10.3. The maximum absolute atomic E-state index is 12.7. The maximum Gasteiger partial charge on any atom is 0.240 e. The molecule has 1 aromatic rings. The average Bonchev–Trinajstić information content (AvgIpc) is 3.53. The number of sulfonamides is 1. The predicted molar refractivity (Wildman–Crippen MR) is 110 cm³/mol. The summed E-state index contributed by atoms with van der Waals surface area (Å²) in [5, 5.41) is 5.90. The largest absolute Gasteiger partial charge is 0.353 e. The summed E-state index contributed by atoms with van der Waals surface area (Å²) in [5.41, 5.74) is 1.56. The third-order valence-corrected chi connectivity index (χ3v) is 7.64. The van der Waals surface area contributed by atoms with Crippen molar-refractivity contribution in [3.8, 4) is 0 Å². The van der Waals surface area contributed by atoms with Crippen molar-refractivity contribution in [2.45, 2.75) is 68.7 Å². The maximum atomic E-state index is 12.7. The standard InChI is InChI=1S/C21H29N3O4S/c25-20-3-1-2-16-12-18(10-11-19(16)24-20)29(27,28)22-13-14-4-6-15(7-5-14)21(26)23-17-8-9-17/h10-12,14-15,17,22H,1-9,13H2,(H,23,26)(H,24,25). The molecule has 3 N–H and O–H groups in total. The Morgan fingerprint density at radius 3 is 2.55 bits per heavy atom. The van der Waals surface area contributed by atoms with Crippen molar-refractivity contribution in [1.29, 1.82) is 0 Å². The number of hydrogen-bond donors (Lipinski definition) is 3. The lowest BCUT2D eigenvalue weighted by Crippen LogP contribution is -2.36. The first-order chi connectivity index (χ1) is 13.9. The van der Waals surface area contributed by atoms with E-state index in [1.807, 2.05) is 0 Å². The fraction of sp³-hybridized carbons (Fsp3) is 0.619. The van der Waals surface area contributed by atoms with Gasteiger partial charge in [-0.2, -0.15) is 0 Å². The molecule has 29 heavy (non-hydrogen) atoms. The Morgan fingerprint density at radius 2 is 1.83 bits per heavy atom. The topological polar surface area (TPSA) is 104 Å². The molecule has 3 aliphatic rings. The third-order valence-electron chi connectivity index (χ3n) is 6.21. The number of amides is 2. The van der Waals surface area contributed by atoms with Gasteiger partial charge >= 0.3 is 0 Å². The van der Waals surface area contributed by atoms with E-state index in [4.69, 9.17) is 0 Å². The molecule has 158 valence electrons. The van der Waals surface area contributed by atoms with Gasteiger partial charge in [0, 0.05) is 30.6 Å². The number of nitrogens with one attached hydrogen (secondary N) is 3. The molecule has 0 radical (unpaired) electrons. The highest BCUT2D eigenvalue weighted by Crippen LogP contribution is 2.30. The molecular formula is C21H29N3O4S. The normalized spacial score (nSPS) is 24.9. The van der Waals surface area contributed by atoms with E-state index in [0.29, 0.717) is 37.5 Å². The van der Waals surface area contributed by atoms with Gasteiger partial charge in [-0.3, -0.25) is 9.59 Å². The van der Waals surface area contributed by atoms with E-state index < -0.39 is 10.0 Å². The van der Waals surface area contributed by atoms with E-state index in [1.54, 1.807) is 18.2 Å². The summed E-state index contributed by atoms with van der Waals surface area (Å²) < 4.78 is 28.2. The van der Waals surface area contributed by atoms with E-state index >= 15 is 0 Å². The smallest absolute Gasteiger partial charge is 0.240 e. The van der Waals surface area contributed by atoms with Gasteiger partial charge in [-0.25, -0.2) is 13.1 Å². The first-order valence-corrected chi connectivity index (χ1v) is 12.1. The summed E-state index contributed by atoms with van der Waals surface area (Å²) in [6.45, 7) is 0.396. The fourth-order valence-electron chi connectivity index (χ4n) is 4.20. The predicted octanol–water partition coefficient (Wildman–Crippen LogP) is 2.32. The van der Waals surface area contributed by atoms with E-state index in [1.165, 1.54) is 0 Å². The summed E-state index contributed by atoms with van der Waals surface area (Å²) >= 11 is 0. The zero-order valence-corrected chi connectivity index (χ0v) is 17.4. The first kappa shape index (κ1) is 20.3. The van der Waals surface area contributed by atoms with Crippen LogP contribution in [0.2, 0.25) is 0 Å². The Kier molecular flexibility index (Phi) is 5.92. The van der Waals surface area contributed by atoms with Gasteiger partial charge < -0.3 is 10.6 Å². The molecule has 2 saturated carbocycles. The number of benzene rings is 1. The van der Waals surface area contributed by atoms with Crippen molar-refractivity contribution in [2.24, 2.45) is 11.8 Å². The van der Waals surface area contributed by atoms with Gasteiger partial charge in [-0.05, 0) is 81.0 Å². The molecule has 0 atom stereocenters. The molecule has 0 spiro atoms. The molecule has 2 fully saturated rings. The van der Waals surface area contributed by atoms with Crippen molar-refractivity contribution in [3.05, 3.63) is 23.8 Å². The zero-order valence-electron chi connectivity index (χ0n) is 16.6. The van der Waals surface area contributed by atoms with E-state index in [2.05, 4.69) is 15.4 Å².